The lowest BCUT2D eigenvalue weighted by molar-refractivity contribution is -0.105. The molecule has 2 heterocycles. The van der Waals surface area contributed by atoms with Gasteiger partial charge >= 0.3 is 0 Å². The number of hydrogen-bond acceptors (Lipinski definition) is 3. The molecule has 2 rings (SSSR count). The van der Waals surface area contributed by atoms with Crippen LogP contribution in [0.3, 0.4) is 0 Å². The molecule has 1 aromatic heterocycles. The third kappa shape index (κ3) is 4.06. The van der Waals surface area contributed by atoms with Gasteiger partial charge in [-0.2, -0.15) is 0 Å². The van der Waals surface area contributed by atoms with E-state index in [1.54, 1.807) is 37.1 Å². The summed E-state index contributed by atoms with van der Waals surface area (Å²) >= 11 is 0. The van der Waals surface area contributed by atoms with Crippen LogP contribution in [0.5, 0.6) is 0 Å². The van der Waals surface area contributed by atoms with Gasteiger partial charge in [0.1, 0.15) is 0 Å². The van der Waals surface area contributed by atoms with Crippen LogP contribution in [0.15, 0.2) is 54.9 Å². The monoisotopic (exact) mass is 189 g/mol. The highest BCUT2D eigenvalue weighted by atomic mass is 16.1. The molecule has 0 fully saturated rings. The van der Waals surface area contributed by atoms with Crippen molar-refractivity contribution in [2.24, 2.45) is 0 Å². The fourth-order valence-electron chi connectivity index (χ4n) is 0.760. The number of imidazole rings is 1. The lowest BCUT2D eigenvalue weighted by atomic mass is 10.4. The van der Waals surface area contributed by atoms with Crippen molar-refractivity contribution in [3.05, 3.63) is 54.9 Å². The molecule has 0 saturated carbocycles. The summed E-state index contributed by atoms with van der Waals surface area (Å²) < 4.78 is 0. The summed E-state index contributed by atoms with van der Waals surface area (Å²) in [5, 5.41) is 2.78. The molecule has 14 heavy (non-hydrogen) atoms. The van der Waals surface area contributed by atoms with Crippen molar-refractivity contribution < 1.29 is 4.79 Å². The largest absolute Gasteiger partial charge is 0.359 e. The maximum Gasteiger partial charge on any atom is 0.166 e. The quantitative estimate of drug-likeness (QED) is 0.651. The average Bonchev–Trinajstić information content (AvgIpc) is 2.69. The zero-order valence-electron chi connectivity index (χ0n) is 7.55. The van der Waals surface area contributed by atoms with Crippen molar-refractivity contribution in [2.45, 2.75) is 0 Å². The van der Waals surface area contributed by atoms with Crippen molar-refractivity contribution in [3.8, 4) is 0 Å². The second kappa shape index (κ2) is 6.42. The third-order valence-electron chi connectivity index (χ3n) is 1.38. The summed E-state index contributed by atoms with van der Waals surface area (Å²) in [6.07, 6.45) is 14.8. The number of carbonyl (C=O) groups excluding carboxylic acids is 1. The van der Waals surface area contributed by atoms with E-state index in [2.05, 4.69) is 15.3 Å². The van der Waals surface area contributed by atoms with E-state index in [0.29, 0.717) is 5.70 Å². The SMILES string of the molecule is O=CC1=CC=CC=CN1.c1c[nH]cn1. The molecule has 72 valence electrons. The second-order valence-electron chi connectivity index (χ2n) is 2.39. The minimum absolute atomic E-state index is 0.583. The molecule has 2 N–H and O–H groups in total. The zero-order valence-corrected chi connectivity index (χ0v) is 7.55. The van der Waals surface area contributed by atoms with E-state index in [1.165, 1.54) is 0 Å². The summed E-state index contributed by atoms with van der Waals surface area (Å²) in [5.41, 5.74) is 0.583. The summed E-state index contributed by atoms with van der Waals surface area (Å²) in [5.74, 6) is 0. The predicted octanol–water partition coefficient (Wildman–Crippen LogP) is 1.15. The third-order valence-corrected chi connectivity index (χ3v) is 1.38. The van der Waals surface area contributed by atoms with E-state index in [-0.39, 0.29) is 0 Å². The highest BCUT2D eigenvalue weighted by molar-refractivity contribution is 5.73. The molecule has 0 atom stereocenters. The van der Waals surface area contributed by atoms with E-state index in [4.69, 9.17) is 0 Å². The van der Waals surface area contributed by atoms with Gasteiger partial charge in [0.2, 0.25) is 0 Å². The minimum atomic E-state index is 0.583. The number of aromatic amines is 1. The molecule has 0 aromatic carbocycles. The van der Waals surface area contributed by atoms with Gasteiger partial charge in [-0.15, -0.1) is 0 Å². The molecule has 0 bridgehead atoms. The van der Waals surface area contributed by atoms with Crippen LogP contribution in [-0.2, 0) is 4.79 Å². The standard InChI is InChI=1S/C7H7NO.C3H4N2/c9-6-7-4-2-1-3-5-8-7;1-2-5-3-4-1/h1-6,8H;1-3H,(H,4,5). The Balaban J connectivity index is 0.000000165. The molecule has 0 saturated heterocycles. The van der Waals surface area contributed by atoms with Gasteiger partial charge in [-0.25, -0.2) is 4.98 Å². The summed E-state index contributed by atoms with van der Waals surface area (Å²) in [6.45, 7) is 0. The van der Waals surface area contributed by atoms with E-state index in [1.807, 2.05) is 12.2 Å². The number of nitrogens with one attached hydrogen (secondary N) is 2. The smallest absolute Gasteiger partial charge is 0.166 e. The van der Waals surface area contributed by atoms with Crippen LogP contribution in [-0.4, -0.2) is 16.3 Å². The predicted molar refractivity (Wildman–Crippen MR) is 54.2 cm³/mol. The van der Waals surface area contributed by atoms with Crippen LogP contribution in [0, 0.1) is 0 Å². The van der Waals surface area contributed by atoms with E-state index < -0.39 is 0 Å². The van der Waals surface area contributed by atoms with Gasteiger partial charge in [-0.05, 0) is 12.2 Å². The molecule has 0 amide bonds. The Hall–Kier alpha value is -2.10. The first-order valence-corrected chi connectivity index (χ1v) is 4.11. The number of aromatic nitrogens is 2. The number of carbonyl (C=O) groups is 1. The molecule has 1 aromatic rings. The van der Waals surface area contributed by atoms with Gasteiger partial charge in [-0.1, -0.05) is 12.2 Å². The van der Waals surface area contributed by atoms with Gasteiger partial charge in [0, 0.05) is 18.6 Å². The van der Waals surface area contributed by atoms with E-state index >= 15 is 0 Å². The first-order valence-electron chi connectivity index (χ1n) is 4.11. The summed E-state index contributed by atoms with van der Waals surface area (Å²) in [7, 11) is 0. The molecule has 0 radical (unpaired) electrons. The highest BCUT2D eigenvalue weighted by Crippen LogP contribution is 1.90. The van der Waals surface area contributed by atoms with Gasteiger partial charge in [0.05, 0.1) is 12.0 Å². The van der Waals surface area contributed by atoms with Crippen molar-refractivity contribution >= 4 is 6.29 Å². The van der Waals surface area contributed by atoms with Crippen LogP contribution in [0.25, 0.3) is 0 Å². The molecule has 4 heteroatoms. The molecule has 4 nitrogen and oxygen atoms in total. The molecule has 0 spiro atoms. The van der Waals surface area contributed by atoms with Crippen molar-refractivity contribution in [2.75, 3.05) is 0 Å². The molecular weight excluding hydrogens is 178 g/mol. The summed E-state index contributed by atoms with van der Waals surface area (Å²) in [6, 6.07) is 0. The first-order chi connectivity index (χ1) is 6.93. The highest BCUT2D eigenvalue weighted by Gasteiger charge is 1.87. The Bertz CT molecular complexity index is 319. The van der Waals surface area contributed by atoms with Gasteiger partial charge in [0.25, 0.3) is 0 Å². The number of rotatable bonds is 1. The molecular formula is C10H11N3O. The Morgan fingerprint density at radius 3 is 2.79 bits per heavy atom. The van der Waals surface area contributed by atoms with Crippen LogP contribution < -0.4 is 5.32 Å². The molecule has 1 aliphatic rings. The Labute approximate surface area is 82.1 Å². The topological polar surface area (TPSA) is 57.8 Å². The van der Waals surface area contributed by atoms with Crippen LogP contribution in [0.2, 0.25) is 0 Å². The van der Waals surface area contributed by atoms with Gasteiger partial charge < -0.3 is 10.3 Å². The van der Waals surface area contributed by atoms with Crippen LogP contribution in [0.1, 0.15) is 0 Å². The number of allylic oxidation sites excluding steroid dienone is 5. The second-order valence-corrected chi connectivity index (χ2v) is 2.39. The number of hydrogen-bond donors (Lipinski definition) is 2. The maximum atomic E-state index is 10.1. The van der Waals surface area contributed by atoms with Crippen molar-refractivity contribution in [3.63, 3.8) is 0 Å². The minimum Gasteiger partial charge on any atom is -0.359 e. The zero-order chi connectivity index (χ0) is 10.1. The molecule has 0 aliphatic carbocycles. The average molecular weight is 189 g/mol. The van der Waals surface area contributed by atoms with Crippen molar-refractivity contribution in [1.29, 1.82) is 0 Å². The molecule has 1 aliphatic heterocycles. The fourth-order valence-corrected chi connectivity index (χ4v) is 0.760. The van der Waals surface area contributed by atoms with Gasteiger partial charge in [-0.3, -0.25) is 4.79 Å². The van der Waals surface area contributed by atoms with Gasteiger partial charge in [0.15, 0.2) is 6.29 Å². The van der Waals surface area contributed by atoms with Crippen molar-refractivity contribution in [1.82, 2.24) is 15.3 Å². The van der Waals surface area contributed by atoms with Crippen LogP contribution in [0.4, 0.5) is 0 Å². The summed E-state index contributed by atoms with van der Waals surface area (Å²) in [4.78, 5) is 16.5. The van der Waals surface area contributed by atoms with E-state index in [0.717, 1.165) is 6.29 Å². The number of aldehydes is 1. The number of H-pyrrole nitrogens is 1. The maximum absolute atomic E-state index is 10.1. The Morgan fingerprint density at radius 2 is 2.21 bits per heavy atom. The normalized spacial score (nSPS) is 13.0. The van der Waals surface area contributed by atoms with Crippen LogP contribution >= 0.6 is 0 Å². The lowest BCUT2D eigenvalue weighted by Crippen LogP contribution is -2.03. The Morgan fingerprint density at radius 1 is 1.29 bits per heavy atom. The molecule has 0 unspecified atom stereocenters. The Kier molecular flexibility index (Phi) is 4.58. The lowest BCUT2D eigenvalue weighted by Gasteiger charge is -1.91. The number of nitrogens with zero attached hydrogens (tertiary/aromatic N) is 1. The van der Waals surface area contributed by atoms with E-state index in [9.17, 15) is 4.79 Å². The fraction of sp³-hybridized carbons (Fsp3) is 0. The first kappa shape index (κ1) is 9.98.